The van der Waals surface area contributed by atoms with Crippen molar-refractivity contribution < 1.29 is 35.9 Å². The number of halogens is 6. The second-order valence-electron chi connectivity index (χ2n) is 6.68. The molecule has 3 aliphatic rings. The Kier molecular flexibility index (Phi) is 3.92. The van der Waals surface area contributed by atoms with Crippen molar-refractivity contribution in [3.63, 3.8) is 0 Å². The number of hydrogen-bond donors (Lipinski definition) is 1. The molecule has 3 fully saturated rings. The summed E-state index contributed by atoms with van der Waals surface area (Å²) in [5, 5.41) is 2.54. The largest absolute Gasteiger partial charge is 0.468 e. The van der Waals surface area contributed by atoms with Crippen LogP contribution in [0.5, 0.6) is 5.88 Å². The normalized spacial score (nSPS) is 27.9. The van der Waals surface area contributed by atoms with Crippen LogP contribution in [0.1, 0.15) is 24.8 Å². The molecule has 1 aromatic heterocycles. The molecular weight excluding hydrogens is 354 g/mol. The van der Waals surface area contributed by atoms with Crippen LogP contribution in [0.25, 0.3) is 0 Å². The Morgan fingerprint density at radius 1 is 1.20 bits per heavy atom. The van der Waals surface area contributed by atoms with Crippen LogP contribution in [0.3, 0.4) is 0 Å². The number of carbonyl (C=O) groups excluding carboxylic acids is 1. The Morgan fingerprint density at radius 3 is 2.40 bits per heavy atom. The van der Waals surface area contributed by atoms with Crippen LogP contribution in [0.2, 0.25) is 0 Å². The van der Waals surface area contributed by atoms with Crippen molar-refractivity contribution in [3.8, 4) is 5.88 Å². The first-order chi connectivity index (χ1) is 11.4. The molecule has 10 heteroatoms. The smallest absolute Gasteiger partial charge is 0.422 e. The van der Waals surface area contributed by atoms with Crippen LogP contribution in [0.4, 0.5) is 26.3 Å². The van der Waals surface area contributed by atoms with Gasteiger partial charge in [0.25, 0.3) is 0 Å². The monoisotopic (exact) mass is 368 g/mol. The number of rotatable bonds is 5. The highest BCUT2D eigenvalue weighted by atomic mass is 19.4. The Morgan fingerprint density at radius 2 is 1.84 bits per heavy atom. The van der Waals surface area contributed by atoms with Gasteiger partial charge in [0.2, 0.25) is 11.8 Å². The summed E-state index contributed by atoms with van der Waals surface area (Å²) in [5.74, 6) is -0.709. The highest BCUT2D eigenvalue weighted by Crippen LogP contribution is 2.78. The van der Waals surface area contributed by atoms with Crippen molar-refractivity contribution in [2.75, 3.05) is 6.61 Å². The summed E-state index contributed by atoms with van der Waals surface area (Å²) in [6.07, 6.45) is -8.16. The first-order valence-electron chi connectivity index (χ1n) is 7.44. The van der Waals surface area contributed by atoms with E-state index in [0.717, 1.165) is 0 Å². The van der Waals surface area contributed by atoms with Gasteiger partial charge in [-0.1, -0.05) is 0 Å². The lowest BCUT2D eigenvalue weighted by Gasteiger charge is -2.69. The Bertz CT molecular complexity index is 666. The standard InChI is InChI=1S/C15H14F6N2O2/c16-14(17,18)8-25-10-3-9(1-2-22-10)4-23-11(24)12-5-13(6-12,7-12)15(19,20)21/h1-3H,4-8H2,(H,23,24). The Labute approximate surface area is 138 Å². The number of pyridine rings is 1. The van der Waals surface area contributed by atoms with Crippen molar-refractivity contribution in [1.29, 1.82) is 0 Å². The maximum absolute atomic E-state index is 12.8. The molecule has 0 unspecified atom stereocenters. The highest BCUT2D eigenvalue weighted by molar-refractivity contribution is 5.86. The molecule has 2 bridgehead atoms. The summed E-state index contributed by atoms with van der Waals surface area (Å²) in [6.45, 7) is -1.51. The fourth-order valence-corrected chi connectivity index (χ4v) is 3.49. The number of aromatic nitrogens is 1. The molecule has 138 valence electrons. The lowest BCUT2D eigenvalue weighted by Crippen LogP contribution is -2.72. The molecule has 1 aromatic rings. The van der Waals surface area contributed by atoms with Crippen molar-refractivity contribution in [2.24, 2.45) is 10.8 Å². The molecule has 0 atom stereocenters. The second-order valence-corrected chi connectivity index (χ2v) is 6.68. The van der Waals surface area contributed by atoms with E-state index in [9.17, 15) is 31.1 Å². The number of nitrogens with zero attached hydrogens (tertiary/aromatic N) is 1. The molecule has 0 aliphatic heterocycles. The van der Waals surface area contributed by atoms with Crippen molar-refractivity contribution in [1.82, 2.24) is 10.3 Å². The van der Waals surface area contributed by atoms with Gasteiger partial charge in [0.1, 0.15) is 0 Å². The maximum Gasteiger partial charge on any atom is 0.422 e. The van der Waals surface area contributed by atoms with Gasteiger partial charge in [0.15, 0.2) is 6.61 Å². The van der Waals surface area contributed by atoms with Gasteiger partial charge in [-0.05, 0) is 30.9 Å². The summed E-state index contributed by atoms with van der Waals surface area (Å²) in [5.41, 5.74) is -2.23. The zero-order valence-corrected chi connectivity index (χ0v) is 12.8. The van der Waals surface area contributed by atoms with Gasteiger partial charge in [0, 0.05) is 18.8 Å². The quantitative estimate of drug-likeness (QED) is 0.811. The number of carbonyl (C=O) groups is 1. The fraction of sp³-hybridized carbons (Fsp3) is 0.600. The summed E-state index contributed by atoms with van der Waals surface area (Å²) in [4.78, 5) is 15.7. The number of ether oxygens (including phenoxy) is 1. The van der Waals surface area contributed by atoms with Gasteiger partial charge in [-0.15, -0.1) is 0 Å². The molecule has 0 radical (unpaired) electrons. The molecule has 25 heavy (non-hydrogen) atoms. The SMILES string of the molecule is O=C(NCc1ccnc(OCC(F)(F)F)c1)C12CC(C(F)(F)F)(C1)C2. The molecule has 0 saturated heterocycles. The average molecular weight is 368 g/mol. The lowest BCUT2D eigenvalue weighted by molar-refractivity contribution is -0.351. The molecule has 0 aromatic carbocycles. The molecule has 1 amide bonds. The van der Waals surface area contributed by atoms with Gasteiger partial charge in [0.05, 0.1) is 10.8 Å². The maximum atomic E-state index is 12.8. The van der Waals surface area contributed by atoms with Crippen LogP contribution in [0, 0.1) is 10.8 Å². The molecule has 1 heterocycles. The highest BCUT2D eigenvalue weighted by Gasteiger charge is 2.80. The second kappa shape index (κ2) is 5.50. The first kappa shape index (κ1) is 17.8. The number of amides is 1. The van der Waals surface area contributed by atoms with Crippen LogP contribution in [0.15, 0.2) is 18.3 Å². The minimum absolute atomic E-state index is 0.0233. The zero-order chi connectivity index (χ0) is 18.5. The topological polar surface area (TPSA) is 51.2 Å². The van der Waals surface area contributed by atoms with E-state index in [4.69, 9.17) is 0 Å². The van der Waals surface area contributed by atoms with Gasteiger partial charge >= 0.3 is 12.4 Å². The summed E-state index contributed by atoms with van der Waals surface area (Å²) in [7, 11) is 0. The third-order valence-corrected chi connectivity index (χ3v) is 4.75. The molecular formula is C15H14F6N2O2. The van der Waals surface area contributed by atoms with Crippen molar-refractivity contribution in [3.05, 3.63) is 23.9 Å². The van der Waals surface area contributed by atoms with Gasteiger partial charge in [-0.2, -0.15) is 26.3 Å². The van der Waals surface area contributed by atoms with Gasteiger partial charge in [-0.25, -0.2) is 4.98 Å². The van der Waals surface area contributed by atoms with Gasteiger partial charge in [-0.3, -0.25) is 4.79 Å². The summed E-state index contributed by atoms with van der Waals surface area (Å²) < 4.78 is 79.1. The molecule has 1 N–H and O–H groups in total. The predicted octanol–water partition coefficient (Wildman–Crippen LogP) is 3.37. The van der Waals surface area contributed by atoms with Crippen LogP contribution in [-0.2, 0) is 11.3 Å². The molecule has 4 nitrogen and oxygen atoms in total. The minimum Gasteiger partial charge on any atom is -0.468 e. The Balaban J connectivity index is 1.51. The van der Waals surface area contributed by atoms with E-state index in [2.05, 4.69) is 15.0 Å². The zero-order valence-electron chi connectivity index (χ0n) is 12.8. The van der Waals surface area contributed by atoms with Crippen LogP contribution in [-0.4, -0.2) is 29.9 Å². The van der Waals surface area contributed by atoms with E-state index in [0.29, 0.717) is 5.56 Å². The van der Waals surface area contributed by atoms with E-state index in [1.807, 2.05) is 0 Å². The average Bonchev–Trinajstić information content (AvgIpc) is 2.38. The third-order valence-electron chi connectivity index (χ3n) is 4.75. The van der Waals surface area contributed by atoms with E-state index < -0.39 is 35.7 Å². The predicted molar refractivity (Wildman–Crippen MR) is 72.4 cm³/mol. The summed E-state index contributed by atoms with van der Waals surface area (Å²) in [6, 6.07) is 2.71. The third kappa shape index (κ3) is 3.25. The number of nitrogens with one attached hydrogen (secondary N) is 1. The fourth-order valence-electron chi connectivity index (χ4n) is 3.49. The number of hydrogen-bond acceptors (Lipinski definition) is 3. The van der Waals surface area contributed by atoms with Gasteiger partial charge < -0.3 is 10.1 Å². The molecule has 3 saturated carbocycles. The van der Waals surface area contributed by atoms with Crippen molar-refractivity contribution >= 4 is 5.91 Å². The summed E-state index contributed by atoms with van der Waals surface area (Å²) >= 11 is 0. The lowest BCUT2D eigenvalue weighted by atomic mass is 9.34. The van der Waals surface area contributed by atoms with E-state index >= 15 is 0 Å². The number of alkyl halides is 6. The van der Waals surface area contributed by atoms with E-state index in [1.165, 1.54) is 18.3 Å². The van der Waals surface area contributed by atoms with Crippen LogP contribution < -0.4 is 10.1 Å². The van der Waals surface area contributed by atoms with Crippen molar-refractivity contribution in [2.45, 2.75) is 38.2 Å². The van der Waals surface area contributed by atoms with E-state index in [-0.39, 0.29) is 31.7 Å². The van der Waals surface area contributed by atoms with Crippen LogP contribution >= 0.6 is 0 Å². The molecule has 0 spiro atoms. The first-order valence-corrected chi connectivity index (χ1v) is 7.44. The minimum atomic E-state index is -4.50. The Hall–Kier alpha value is -2.00. The molecule has 4 rings (SSSR count). The van der Waals surface area contributed by atoms with E-state index in [1.54, 1.807) is 0 Å². The molecule has 3 aliphatic carbocycles.